The fourth-order valence-electron chi connectivity index (χ4n) is 8.48. The number of nitrogens with zero attached hydrogens (tertiary/aromatic N) is 4. The zero-order valence-corrected chi connectivity index (χ0v) is 41.3. The maximum Gasteiger partial charge on any atom is 0.343 e. The average molecular weight is 984 g/mol. The second-order valence-electron chi connectivity index (χ2n) is 18.2. The fraction of sp³-hybridized carbons (Fsp3) is 0.500. The number of nitrogens with one attached hydrogen (secondary N) is 5. The Morgan fingerprint density at radius 1 is 1.06 bits per heavy atom. The van der Waals surface area contributed by atoms with Gasteiger partial charge in [-0.3, -0.25) is 24.0 Å². The van der Waals surface area contributed by atoms with Crippen molar-refractivity contribution in [2.75, 3.05) is 40.5 Å². The number of unbranched alkanes of at least 4 members (excludes halogenated alkanes) is 2. The Balaban J connectivity index is 1.01. The number of ether oxygens (including phenoxy) is 2. The van der Waals surface area contributed by atoms with E-state index >= 15 is 0 Å². The molecular weight excluding hydrogens is 922 g/mol. The molecule has 0 bridgehead atoms. The lowest BCUT2D eigenvalue weighted by Crippen LogP contribution is -2.56. The summed E-state index contributed by atoms with van der Waals surface area (Å²) in [4.78, 5) is 93.0. The molecule has 3 atom stereocenters. The molecule has 374 valence electrons. The summed E-state index contributed by atoms with van der Waals surface area (Å²) in [6.45, 7) is 7.25. The van der Waals surface area contributed by atoms with Crippen molar-refractivity contribution in [3.8, 4) is 23.2 Å². The lowest BCUT2D eigenvalue weighted by atomic mass is 9.86. The van der Waals surface area contributed by atoms with Crippen LogP contribution in [-0.4, -0.2) is 112 Å². The van der Waals surface area contributed by atoms with Gasteiger partial charge in [-0.25, -0.2) is 19.2 Å². The zero-order valence-electron chi connectivity index (χ0n) is 40.5. The lowest BCUT2D eigenvalue weighted by molar-refractivity contribution is -0.172. The first-order chi connectivity index (χ1) is 33.4. The van der Waals surface area contributed by atoms with E-state index in [0.29, 0.717) is 76.7 Å². The number of amides is 4. The van der Waals surface area contributed by atoms with Gasteiger partial charge in [-0.2, -0.15) is 0 Å². The SMILES string of the molecule is CC[C@@]1(O)C(=O)OCc2c1cc1n(c2=O)Cc2c-1nc1cc(F)c(C)cc1c2CCCOCNC(=O)CNC(=O)[C@H](CCCCN(C)C)NC(=O)[C@@H](NC(=O)CCCC#Cc1cnc(=S)[nH]c1)C(C)C. The first-order valence-corrected chi connectivity index (χ1v) is 24.0. The molecule has 1 aromatic carbocycles. The van der Waals surface area contributed by atoms with Crippen molar-refractivity contribution in [2.24, 2.45) is 5.92 Å². The molecule has 2 aliphatic heterocycles. The number of carbonyl (C=O) groups excluding carboxylic acids is 5. The van der Waals surface area contributed by atoms with Crippen molar-refractivity contribution in [3.63, 3.8) is 0 Å². The van der Waals surface area contributed by atoms with Crippen LogP contribution in [-0.2, 0) is 58.6 Å². The van der Waals surface area contributed by atoms with E-state index in [1.54, 1.807) is 52.2 Å². The largest absolute Gasteiger partial charge is 0.458 e. The maximum absolute atomic E-state index is 14.9. The summed E-state index contributed by atoms with van der Waals surface area (Å²) in [5, 5.41) is 22.9. The number of aromatic nitrogens is 4. The smallest absolute Gasteiger partial charge is 0.343 e. The van der Waals surface area contributed by atoms with Gasteiger partial charge in [0.05, 0.1) is 41.1 Å². The Morgan fingerprint density at radius 3 is 2.56 bits per heavy atom. The molecule has 0 saturated carbocycles. The number of H-pyrrole nitrogens is 1. The van der Waals surface area contributed by atoms with Gasteiger partial charge in [0.15, 0.2) is 10.4 Å². The number of halogens is 1. The Hall–Kier alpha value is -6.40. The molecule has 4 amide bonds. The minimum Gasteiger partial charge on any atom is -0.458 e. The number of pyridine rings is 2. The number of fused-ring (bicyclic) bond motifs is 5. The van der Waals surface area contributed by atoms with Gasteiger partial charge >= 0.3 is 5.97 Å². The molecule has 0 radical (unpaired) electrons. The molecule has 0 unspecified atom stereocenters. The van der Waals surface area contributed by atoms with Gasteiger partial charge in [0.2, 0.25) is 23.6 Å². The Kier molecular flexibility index (Phi) is 18.1. The van der Waals surface area contributed by atoms with E-state index in [1.165, 1.54) is 10.6 Å². The molecule has 3 aromatic heterocycles. The van der Waals surface area contributed by atoms with E-state index in [9.17, 15) is 38.3 Å². The third-order valence-electron chi connectivity index (χ3n) is 12.5. The first-order valence-electron chi connectivity index (χ1n) is 23.6. The van der Waals surface area contributed by atoms with Gasteiger partial charge in [0.1, 0.15) is 31.2 Å². The number of aromatic amines is 1. The van der Waals surface area contributed by atoms with Crippen molar-refractivity contribution in [2.45, 2.75) is 116 Å². The molecule has 4 aromatic rings. The van der Waals surface area contributed by atoms with Crippen LogP contribution in [0.5, 0.6) is 0 Å². The summed E-state index contributed by atoms with van der Waals surface area (Å²) >= 11 is 4.94. The summed E-state index contributed by atoms with van der Waals surface area (Å²) in [5.74, 6) is 2.51. The van der Waals surface area contributed by atoms with E-state index in [2.05, 4.69) is 43.1 Å². The maximum atomic E-state index is 14.9. The second kappa shape index (κ2) is 23.9. The molecule has 6 rings (SSSR count). The molecule has 0 fully saturated rings. The van der Waals surface area contributed by atoms with Crippen LogP contribution < -0.4 is 26.8 Å². The third kappa shape index (κ3) is 12.9. The summed E-state index contributed by atoms with van der Waals surface area (Å²) < 4.78 is 27.8. The average Bonchev–Trinajstić information content (AvgIpc) is 3.69. The van der Waals surface area contributed by atoms with Crippen LogP contribution in [0.1, 0.15) is 106 Å². The normalized spacial score (nSPS) is 15.5. The number of carbonyl (C=O) groups is 5. The lowest BCUT2D eigenvalue weighted by Gasteiger charge is -2.31. The predicted molar refractivity (Wildman–Crippen MR) is 261 cm³/mol. The van der Waals surface area contributed by atoms with Crippen LogP contribution in [0.2, 0.25) is 0 Å². The Morgan fingerprint density at radius 2 is 1.84 bits per heavy atom. The molecule has 2 aliphatic rings. The number of aliphatic hydroxyl groups is 1. The standard InChI is InChI=1S/C50H62FN9O9S/c1-7-50(67)36-21-40-44-34(26-60(40)47(65)35(36)27-69-48(50)66)32(33-20-30(4)37(51)22-39(33)56-44)15-13-19-68-28-55-42(62)25-52-45(63)38(16-11-12-18-59(5)6)57-46(64)43(29(2)3)58-41(61)17-10-8-9-14-31-23-53-49(70)54-24-31/h20-24,29,38,43,67H,7-8,10-13,15-19,25-28H2,1-6H3,(H,52,63)(H,55,62)(H,57,64)(H,58,61)(H,53,54,70)/t38-,43-,50-/m0/s1. The predicted octanol–water partition coefficient (Wildman–Crippen LogP) is 3.70. The van der Waals surface area contributed by atoms with Crippen LogP contribution in [0.3, 0.4) is 0 Å². The summed E-state index contributed by atoms with van der Waals surface area (Å²) in [7, 11) is 3.88. The Labute approximate surface area is 410 Å². The van der Waals surface area contributed by atoms with Gasteiger partial charge in [-0.05, 0) is 114 Å². The summed E-state index contributed by atoms with van der Waals surface area (Å²) in [5.41, 5.74) is 1.93. The van der Waals surface area contributed by atoms with E-state index in [-0.39, 0.29) is 68.8 Å². The van der Waals surface area contributed by atoms with E-state index in [0.717, 1.165) is 24.1 Å². The Bertz CT molecular complexity index is 2800. The van der Waals surface area contributed by atoms with Crippen molar-refractivity contribution < 1.29 is 42.9 Å². The highest BCUT2D eigenvalue weighted by Crippen LogP contribution is 2.41. The number of hydrogen-bond donors (Lipinski definition) is 6. The number of rotatable bonds is 22. The van der Waals surface area contributed by atoms with Crippen molar-refractivity contribution >= 4 is 52.7 Å². The van der Waals surface area contributed by atoms with Gasteiger partial charge in [-0.15, -0.1) is 0 Å². The molecule has 0 aliphatic carbocycles. The number of hydrogen-bond acceptors (Lipinski definition) is 13. The van der Waals surface area contributed by atoms with Crippen molar-refractivity contribution in [3.05, 3.63) is 84.9 Å². The van der Waals surface area contributed by atoms with Crippen molar-refractivity contribution in [1.29, 1.82) is 0 Å². The molecule has 0 spiro atoms. The molecule has 70 heavy (non-hydrogen) atoms. The molecule has 20 heteroatoms. The summed E-state index contributed by atoms with van der Waals surface area (Å²) in [6, 6.07) is 2.83. The highest BCUT2D eigenvalue weighted by Gasteiger charge is 2.45. The van der Waals surface area contributed by atoms with Crippen LogP contribution in [0.15, 0.2) is 35.4 Å². The molecule has 18 nitrogen and oxygen atoms in total. The van der Waals surface area contributed by atoms with Crippen LogP contribution in [0.25, 0.3) is 22.3 Å². The fourth-order valence-corrected chi connectivity index (χ4v) is 8.60. The third-order valence-corrected chi connectivity index (χ3v) is 12.7. The highest BCUT2D eigenvalue weighted by molar-refractivity contribution is 7.71. The van der Waals surface area contributed by atoms with Gasteiger partial charge in [0.25, 0.3) is 5.56 Å². The molecular formula is C50H62FN9O9S. The molecule has 0 saturated heterocycles. The minimum atomic E-state index is -1.99. The van der Waals surface area contributed by atoms with Crippen LogP contribution in [0, 0.1) is 35.3 Å². The number of esters is 1. The molecule has 5 heterocycles. The van der Waals surface area contributed by atoms with E-state index < -0.39 is 52.8 Å². The molecule has 6 N–H and O–H groups in total. The van der Waals surface area contributed by atoms with E-state index in [1.807, 2.05) is 19.0 Å². The monoisotopic (exact) mass is 983 g/mol. The number of cyclic esters (lactones) is 1. The quantitative estimate of drug-likeness (QED) is 0.0191. The summed E-state index contributed by atoms with van der Waals surface area (Å²) in [6.07, 6.45) is 6.90. The minimum absolute atomic E-state index is 0.00416. The topological polar surface area (TPSA) is 239 Å². The van der Waals surface area contributed by atoms with E-state index in [4.69, 9.17) is 26.7 Å². The van der Waals surface area contributed by atoms with Crippen LogP contribution in [0.4, 0.5) is 4.39 Å². The van der Waals surface area contributed by atoms with Gasteiger partial charge in [-0.1, -0.05) is 32.6 Å². The number of benzene rings is 1. The van der Waals surface area contributed by atoms with Crippen molar-refractivity contribution in [1.82, 2.24) is 45.7 Å². The number of aryl methyl sites for hydroxylation is 2. The van der Waals surface area contributed by atoms with Gasteiger partial charge < -0.3 is 50.3 Å². The second-order valence-corrected chi connectivity index (χ2v) is 18.6. The zero-order chi connectivity index (χ0) is 50.7. The van der Waals surface area contributed by atoms with Gasteiger partial charge in [0, 0.05) is 54.4 Å². The first kappa shape index (κ1) is 53.0. The highest BCUT2D eigenvalue weighted by atomic mass is 32.1. The van der Waals surface area contributed by atoms with Crippen LogP contribution >= 0.6 is 12.2 Å².